The van der Waals surface area contributed by atoms with Crippen LogP contribution in [0.4, 0.5) is 17.6 Å². The minimum absolute atomic E-state index is 0.0155. The first-order valence-electron chi connectivity index (χ1n) is 10.6. The van der Waals surface area contributed by atoms with Gasteiger partial charge in [0.2, 0.25) is 0 Å². The highest BCUT2D eigenvalue weighted by atomic mass is 19.4. The molecule has 0 spiro atoms. The molecular formula is C23H21F4N3O6. The molecule has 0 aliphatic carbocycles. The summed E-state index contributed by atoms with van der Waals surface area (Å²) in [6.45, 7) is 3.00. The monoisotopic (exact) mass is 511 g/mol. The molecule has 0 fully saturated rings. The minimum Gasteiger partial charge on any atom is -0.463 e. The molecular weight excluding hydrogens is 490 g/mol. The molecule has 2 aromatic heterocycles. The van der Waals surface area contributed by atoms with Crippen LogP contribution in [0.15, 0.2) is 46.1 Å². The number of pyridine rings is 1. The molecule has 3 rings (SSSR count). The second kappa shape index (κ2) is 10.6. The lowest BCUT2D eigenvalue weighted by molar-refractivity contribution is -0.145. The molecule has 0 atom stereocenters. The Balaban J connectivity index is 2.08. The molecule has 0 aliphatic heterocycles. The third-order valence-corrected chi connectivity index (χ3v) is 4.95. The SMILES string of the molecule is CCOC(=O)COc1ncccc1Oc1cc(-n2c(=O)cc(C(F)(F)F)n(C)c2=O)c(F)cc1CC. The summed E-state index contributed by atoms with van der Waals surface area (Å²) >= 11 is 0. The van der Waals surface area contributed by atoms with E-state index in [4.69, 9.17) is 14.2 Å². The van der Waals surface area contributed by atoms with Crippen molar-refractivity contribution in [1.29, 1.82) is 0 Å². The van der Waals surface area contributed by atoms with Gasteiger partial charge >= 0.3 is 17.8 Å². The summed E-state index contributed by atoms with van der Waals surface area (Å²) < 4.78 is 70.9. The number of aryl methyl sites for hydroxylation is 1. The Bertz CT molecular complexity index is 1400. The highest BCUT2D eigenvalue weighted by Gasteiger charge is 2.35. The summed E-state index contributed by atoms with van der Waals surface area (Å²) in [6.07, 6.45) is -3.34. The third-order valence-electron chi connectivity index (χ3n) is 4.95. The summed E-state index contributed by atoms with van der Waals surface area (Å²) in [6, 6.07) is 5.17. The first kappa shape index (κ1) is 26.4. The second-order valence-electron chi connectivity index (χ2n) is 7.31. The predicted molar refractivity (Wildman–Crippen MR) is 118 cm³/mol. The summed E-state index contributed by atoms with van der Waals surface area (Å²) in [7, 11) is 0.819. The molecule has 0 amide bonds. The quantitative estimate of drug-likeness (QED) is 0.338. The van der Waals surface area contributed by atoms with Crippen LogP contribution in [0.2, 0.25) is 0 Å². The van der Waals surface area contributed by atoms with Gasteiger partial charge in [-0.2, -0.15) is 13.2 Å². The second-order valence-corrected chi connectivity index (χ2v) is 7.31. The van der Waals surface area contributed by atoms with E-state index in [1.807, 2.05) is 0 Å². The standard InChI is InChI=1S/C23H21F4N3O6/c1-4-13-9-14(24)15(30-19(31)11-18(23(25,26)27)29(3)22(30)33)10-17(13)36-16-7-6-8-28-21(16)35-12-20(32)34-5-2/h6-11H,4-5,12H2,1-3H3. The molecule has 0 N–H and O–H groups in total. The van der Waals surface area contributed by atoms with Gasteiger partial charge in [0.05, 0.1) is 12.3 Å². The first-order valence-corrected chi connectivity index (χ1v) is 10.6. The smallest absolute Gasteiger partial charge is 0.431 e. The van der Waals surface area contributed by atoms with Crippen LogP contribution in [0.3, 0.4) is 0 Å². The number of ether oxygens (including phenoxy) is 3. The van der Waals surface area contributed by atoms with E-state index in [9.17, 15) is 31.9 Å². The fourth-order valence-corrected chi connectivity index (χ4v) is 3.26. The molecule has 13 heteroatoms. The molecule has 0 radical (unpaired) electrons. The molecule has 1 aromatic carbocycles. The van der Waals surface area contributed by atoms with Gasteiger partial charge in [0, 0.05) is 25.4 Å². The molecule has 3 aromatic rings. The molecule has 2 heterocycles. The largest absolute Gasteiger partial charge is 0.463 e. The number of carbonyl (C=O) groups is 1. The average molecular weight is 511 g/mol. The van der Waals surface area contributed by atoms with Crippen molar-refractivity contribution in [2.75, 3.05) is 13.2 Å². The number of carbonyl (C=O) groups excluding carboxylic acids is 1. The number of benzene rings is 1. The summed E-state index contributed by atoms with van der Waals surface area (Å²) in [5.74, 6) is -1.77. The van der Waals surface area contributed by atoms with Crippen molar-refractivity contribution >= 4 is 5.97 Å². The van der Waals surface area contributed by atoms with Crippen LogP contribution in [0.1, 0.15) is 25.1 Å². The number of hydrogen-bond donors (Lipinski definition) is 0. The Morgan fingerprint density at radius 1 is 1.11 bits per heavy atom. The minimum atomic E-state index is -4.97. The number of hydrogen-bond acceptors (Lipinski definition) is 7. The zero-order valence-corrected chi connectivity index (χ0v) is 19.4. The number of rotatable bonds is 8. The maximum atomic E-state index is 15.0. The van der Waals surface area contributed by atoms with Gasteiger partial charge in [0.25, 0.3) is 11.4 Å². The van der Waals surface area contributed by atoms with Crippen LogP contribution < -0.4 is 20.7 Å². The lowest BCUT2D eigenvalue weighted by Crippen LogP contribution is -2.41. The number of aromatic nitrogens is 3. The Kier molecular flexibility index (Phi) is 7.80. The Morgan fingerprint density at radius 2 is 1.83 bits per heavy atom. The maximum Gasteiger partial charge on any atom is 0.431 e. The Hall–Kier alpha value is -4.16. The van der Waals surface area contributed by atoms with Gasteiger partial charge in [-0.3, -0.25) is 9.36 Å². The lowest BCUT2D eigenvalue weighted by Gasteiger charge is -2.17. The van der Waals surface area contributed by atoms with Crippen molar-refractivity contribution < 1.29 is 36.6 Å². The van der Waals surface area contributed by atoms with Crippen LogP contribution in [-0.2, 0) is 29.2 Å². The highest BCUT2D eigenvalue weighted by Crippen LogP contribution is 2.34. The fraction of sp³-hybridized carbons (Fsp3) is 0.304. The summed E-state index contributed by atoms with van der Waals surface area (Å²) in [5.41, 5.74) is -4.55. The van der Waals surface area contributed by atoms with Gasteiger partial charge in [-0.25, -0.2) is 23.5 Å². The van der Waals surface area contributed by atoms with E-state index in [2.05, 4.69) is 4.98 Å². The lowest BCUT2D eigenvalue weighted by atomic mass is 10.1. The highest BCUT2D eigenvalue weighted by molar-refractivity contribution is 5.71. The average Bonchev–Trinajstić information content (AvgIpc) is 2.82. The first-order chi connectivity index (χ1) is 17.0. The Morgan fingerprint density at radius 3 is 2.47 bits per heavy atom. The van der Waals surface area contributed by atoms with Crippen LogP contribution in [0.5, 0.6) is 17.4 Å². The predicted octanol–water partition coefficient (Wildman–Crippen LogP) is 3.39. The molecule has 0 aliphatic rings. The van der Waals surface area contributed by atoms with Crippen molar-refractivity contribution in [3.8, 4) is 23.1 Å². The van der Waals surface area contributed by atoms with Gasteiger partial charge in [0.1, 0.15) is 17.3 Å². The maximum absolute atomic E-state index is 15.0. The fourth-order valence-electron chi connectivity index (χ4n) is 3.26. The molecule has 0 bridgehead atoms. The van der Waals surface area contributed by atoms with E-state index in [0.29, 0.717) is 5.56 Å². The van der Waals surface area contributed by atoms with Gasteiger partial charge in [-0.1, -0.05) is 6.92 Å². The van der Waals surface area contributed by atoms with Gasteiger partial charge < -0.3 is 14.2 Å². The van der Waals surface area contributed by atoms with Crippen molar-refractivity contribution in [1.82, 2.24) is 14.1 Å². The van der Waals surface area contributed by atoms with E-state index in [0.717, 1.165) is 19.2 Å². The van der Waals surface area contributed by atoms with Crippen molar-refractivity contribution in [2.24, 2.45) is 7.05 Å². The molecule has 0 saturated carbocycles. The van der Waals surface area contributed by atoms with Crippen LogP contribution in [0.25, 0.3) is 5.69 Å². The zero-order valence-electron chi connectivity index (χ0n) is 19.4. The number of alkyl halides is 3. The van der Waals surface area contributed by atoms with E-state index in [-0.39, 0.29) is 45.6 Å². The van der Waals surface area contributed by atoms with E-state index in [1.165, 1.54) is 18.3 Å². The van der Waals surface area contributed by atoms with E-state index >= 15 is 0 Å². The molecule has 192 valence electrons. The van der Waals surface area contributed by atoms with Gasteiger partial charge in [-0.05, 0) is 37.1 Å². The zero-order chi connectivity index (χ0) is 26.6. The van der Waals surface area contributed by atoms with Crippen molar-refractivity contribution in [3.63, 3.8) is 0 Å². The van der Waals surface area contributed by atoms with Crippen LogP contribution >= 0.6 is 0 Å². The van der Waals surface area contributed by atoms with Crippen molar-refractivity contribution in [2.45, 2.75) is 26.4 Å². The van der Waals surface area contributed by atoms with Gasteiger partial charge in [0.15, 0.2) is 12.4 Å². The third kappa shape index (κ3) is 5.56. The topological polar surface area (TPSA) is 102 Å². The number of nitrogens with zero attached hydrogens (tertiary/aromatic N) is 3. The Labute approximate surface area is 201 Å². The van der Waals surface area contributed by atoms with Gasteiger partial charge in [-0.15, -0.1) is 0 Å². The van der Waals surface area contributed by atoms with Crippen LogP contribution in [0, 0.1) is 5.82 Å². The normalized spacial score (nSPS) is 11.3. The van der Waals surface area contributed by atoms with Crippen molar-refractivity contribution in [3.05, 3.63) is 74.4 Å². The van der Waals surface area contributed by atoms with E-state index < -0.39 is 47.2 Å². The molecule has 9 nitrogen and oxygen atoms in total. The number of halogens is 4. The summed E-state index contributed by atoms with van der Waals surface area (Å²) in [4.78, 5) is 40.7. The molecule has 0 unspecified atom stereocenters. The molecule has 36 heavy (non-hydrogen) atoms. The number of esters is 1. The molecule has 0 saturated heterocycles. The van der Waals surface area contributed by atoms with Crippen LogP contribution in [-0.4, -0.2) is 33.3 Å². The summed E-state index contributed by atoms with van der Waals surface area (Å²) in [5, 5.41) is 0. The van der Waals surface area contributed by atoms with E-state index in [1.54, 1.807) is 13.8 Å².